The summed E-state index contributed by atoms with van der Waals surface area (Å²) >= 11 is 0. The number of carbonyl (C=O) groups is 1. The third-order valence-corrected chi connectivity index (χ3v) is 4.41. The molecule has 1 saturated heterocycles. The summed E-state index contributed by atoms with van der Waals surface area (Å²) in [6.45, 7) is 3.16. The molecule has 0 saturated carbocycles. The van der Waals surface area contributed by atoms with E-state index in [2.05, 4.69) is 10.2 Å². The minimum atomic E-state index is 0.0260. The summed E-state index contributed by atoms with van der Waals surface area (Å²) in [6.07, 6.45) is 1.90. The van der Waals surface area contributed by atoms with Crippen LogP contribution in [0.1, 0.15) is 24.3 Å². The van der Waals surface area contributed by atoms with Gasteiger partial charge in [0, 0.05) is 31.1 Å². The van der Waals surface area contributed by atoms with Crippen LogP contribution in [0.25, 0.3) is 0 Å². The second kappa shape index (κ2) is 8.78. The Kier molecular flexibility index (Phi) is 6.73. The highest BCUT2D eigenvalue weighted by Crippen LogP contribution is 2.35. The van der Waals surface area contributed by atoms with E-state index >= 15 is 0 Å². The smallest absolute Gasteiger partial charge is 0.317 e. The Morgan fingerprint density at radius 2 is 2.12 bits per heavy atom. The van der Waals surface area contributed by atoms with Gasteiger partial charge in [-0.3, -0.25) is 0 Å². The van der Waals surface area contributed by atoms with Gasteiger partial charge in [-0.15, -0.1) is 0 Å². The van der Waals surface area contributed by atoms with Crippen LogP contribution in [-0.2, 0) is 0 Å². The van der Waals surface area contributed by atoms with Crippen molar-refractivity contribution in [2.75, 3.05) is 54.5 Å². The molecule has 1 atom stereocenters. The average molecular weight is 335 g/mol. The number of methoxy groups -OCH3 is 2. The van der Waals surface area contributed by atoms with Crippen LogP contribution < -0.4 is 14.8 Å². The van der Waals surface area contributed by atoms with E-state index in [-0.39, 0.29) is 11.9 Å². The molecule has 134 valence electrons. The van der Waals surface area contributed by atoms with Crippen LogP contribution in [0.3, 0.4) is 0 Å². The number of likely N-dealkylation sites (tertiary alicyclic amines) is 1. The average Bonchev–Trinajstić information content (AvgIpc) is 3.07. The van der Waals surface area contributed by atoms with E-state index in [0.29, 0.717) is 13.1 Å². The number of amides is 2. The van der Waals surface area contributed by atoms with E-state index in [1.807, 2.05) is 37.2 Å². The Morgan fingerprint density at radius 3 is 2.79 bits per heavy atom. The lowest BCUT2D eigenvalue weighted by atomic mass is 9.97. The maximum Gasteiger partial charge on any atom is 0.317 e. The molecule has 1 aliphatic rings. The molecule has 0 spiro atoms. The molecule has 1 aliphatic heterocycles. The van der Waals surface area contributed by atoms with Crippen molar-refractivity contribution in [3.63, 3.8) is 0 Å². The summed E-state index contributed by atoms with van der Waals surface area (Å²) in [5.41, 5.74) is 1.11. The molecular weight excluding hydrogens is 306 g/mol. The zero-order valence-corrected chi connectivity index (χ0v) is 15.2. The van der Waals surface area contributed by atoms with E-state index in [9.17, 15) is 4.79 Å². The van der Waals surface area contributed by atoms with Crippen molar-refractivity contribution in [1.29, 1.82) is 0 Å². The topological polar surface area (TPSA) is 54.0 Å². The van der Waals surface area contributed by atoms with Gasteiger partial charge in [0.15, 0.2) is 0 Å². The van der Waals surface area contributed by atoms with Gasteiger partial charge in [0.25, 0.3) is 0 Å². The number of nitrogens with zero attached hydrogens (tertiary/aromatic N) is 2. The minimum absolute atomic E-state index is 0.0260. The van der Waals surface area contributed by atoms with Crippen LogP contribution in [0.2, 0.25) is 0 Å². The molecule has 1 fully saturated rings. The molecule has 0 unspecified atom stereocenters. The summed E-state index contributed by atoms with van der Waals surface area (Å²) in [6, 6.07) is 5.87. The van der Waals surface area contributed by atoms with Crippen LogP contribution in [-0.4, -0.2) is 70.3 Å². The molecule has 0 aromatic heterocycles. The lowest BCUT2D eigenvalue weighted by Crippen LogP contribution is -2.39. The summed E-state index contributed by atoms with van der Waals surface area (Å²) in [7, 11) is 7.41. The maximum absolute atomic E-state index is 12.3. The summed E-state index contributed by atoms with van der Waals surface area (Å²) in [5.74, 6) is 1.95. The van der Waals surface area contributed by atoms with Crippen molar-refractivity contribution >= 4 is 6.03 Å². The van der Waals surface area contributed by atoms with Gasteiger partial charge in [0.05, 0.1) is 14.2 Å². The predicted molar refractivity (Wildman–Crippen MR) is 95.0 cm³/mol. The first-order chi connectivity index (χ1) is 11.5. The lowest BCUT2D eigenvalue weighted by molar-refractivity contribution is 0.207. The normalized spacial score (nSPS) is 17.2. The zero-order valence-electron chi connectivity index (χ0n) is 15.2. The quantitative estimate of drug-likeness (QED) is 0.776. The first-order valence-electron chi connectivity index (χ1n) is 8.44. The highest BCUT2D eigenvalue weighted by Gasteiger charge is 2.29. The van der Waals surface area contributed by atoms with Crippen LogP contribution in [0.5, 0.6) is 11.5 Å². The van der Waals surface area contributed by atoms with Gasteiger partial charge in [-0.1, -0.05) is 0 Å². The van der Waals surface area contributed by atoms with Crippen molar-refractivity contribution in [2.45, 2.75) is 18.8 Å². The third kappa shape index (κ3) is 4.77. The monoisotopic (exact) mass is 335 g/mol. The number of nitrogens with one attached hydrogen (secondary N) is 1. The van der Waals surface area contributed by atoms with Crippen molar-refractivity contribution < 1.29 is 14.3 Å². The molecule has 0 radical (unpaired) electrons. The second-order valence-electron chi connectivity index (χ2n) is 6.43. The van der Waals surface area contributed by atoms with Gasteiger partial charge >= 0.3 is 6.03 Å². The lowest BCUT2D eigenvalue weighted by Gasteiger charge is -2.19. The van der Waals surface area contributed by atoms with Crippen molar-refractivity contribution in [2.24, 2.45) is 0 Å². The first-order valence-corrected chi connectivity index (χ1v) is 8.44. The van der Waals surface area contributed by atoms with Crippen LogP contribution >= 0.6 is 0 Å². The summed E-state index contributed by atoms with van der Waals surface area (Å²) in [4.78, 5) is 16.3. The van der Waals surface area contributed by atoms with Gasteiger partial charge in [-0.2, -0.15) is 0 Å². The van der Waals surface area contributed by atoms with Gasteiger partial charge < -0.3 is 24.6 Å². The fourth-order valence-corrected chi connectivity index (χ4v) is 3.06. The molecule has 2 rings (SSSR count). The Hall–Kier alpha value is -1.95. The van der Waals surface area contributed by atoms with Gasteiger partial charge in [-0.05, 0) is 51.7 Å². The standard InChI is InChI=1S/C18H29N3O3/c1-20(2)10-5-9-19-18(22)21-11-8-14(13-21)16-12-15(23-3)6-7-17(16)24-4/h6-7,12,14H,5,8-11,13H2,1-4H3,(H,19,22)/t14-/m0/s1. The largest absolute Gasteiger partial charge is 0.497 e. The summed E-state index contributed by atoms with van der Waals surface area (Å²) in [5, 5.41) is 3.01. The van der Waals surface area contributed by atoms with Gasteiger partial charge in [0.1, 0.15) is 11.5 Å². The van der Waals surface area contributed by atoms with Gasteiger partial charge in [0.2, 0.25) is 0 Å². The highest BCUT2D eigenvalue weighted by atomic mass is 16.5. The summed E-state index contributed by atoms with van der Waals surface area (Å²) < 4.78 is 10.8. The van der Waals surface area contributed by atoms with E-state index < -0.39 is 0 Å². The molecule has 0 bridgehead atoms. The van der Waals surface area contributed by atoms with Crippen LogP contribution in [0.4, 0.5) is 4.79 Å². The first kappa shape index (κ1) is 18.4. The maximum atomic E-state index is 12.3. The molecule has 1 heterocycles. The molecule has 6 heteroatoms. The number of benzene rings is 1. The Balaban J connectivity index is 1.91. The number of carbonyl (C=O) groups excluding carboxylic acids is 1. The van der Waals surface area contributed by atoms with Crippen molar-refractivity contribution in [1.82, 2.24) is 15.1 Å². The van der Waals surface area contributed by atoms with E-state index in [1.54, 1.807) is 14.2 Å². The Morgan fingerprint density at radius 1 is 1.33 bits per heavy atom. The highest BCUT2D eigenvalue weighted by molar-refractivity contribution is 5.74. The zero-order chi connectivity index (χ0) is 17.5. The van der Waals surface area contributed by atoms with Crippen LogP contribution in [0, 0.1) is 0 Å². The number of ether oxygens (including phenoxy) is 2. The van der Waals surface area contributed by atoms with E-state index in [0.717, 1.165) is 43.0 Å². The number of rotatable bonds is 7. The van der Waals surface area contributed by atoms with Gasteiger partial charge in [-0.25, -0.2) is 4.79 Å². The van der Waals surface area contributed by atoms with Crippen LogP contribution in [0.15, 0.2) is 18.2 Å². The fraction of sp³-hybridized carbons (Fsp3) is 0.611. The minimum Gasteiger partial charge on any atom is -0.497 e. The number of hydrogen-bond acceptors (Lipinski definition) is 4. The molecule has 1 N–H and O–H groups in total. The number of urea groups is 1. The Labute approximate surface area is 144 Å². The van der Waals surface area contributed by atoms with E-state index in [4.69, 9.17) is 9.47 Å². The molecule has 6 nitrogen and oxygen atoms in total. The molecule has 0 aliphatic carbocycles. The second-order valence-corrected chi connectivity index (χ2v) is 6.43. The molecule has 24 heavy (non-hydrogen) atoms. The fourth-order valence-electron chi connectivity index (χ4n) is 3.06. The molecule has 1 aromatic carbocycles. The number of hydrogen-bond donors (Lipinski definition) is 1. The molecular formula is C18H29N3O3. The SMILES string of the molecule is COc1ccc(OC)c([C@H]2CCN(C(=O)NCCCN(C)C)C2)c1. The van der Waals surface area contributed by atoms with E-state index in [1.165, 1.54) is 0 Å². The predicted octanol–water partition coefficient (Wildman–Crippen LogP) is 2.15. The van der Waals surface area contributed by atoms with Crippen molar-refractivity contribution in [3.05, 3.63) is 23.8 Å². The molecule has 2 amide bonds. The van der Waals surface area contributed by atoms with Crippen molar-refractivity contribution in [3.8, 4) is 11.5 Å². The third-order valence-electron chi connectivity index (χ3n) is 4.41. The Bertz CT molecular complexity index is 548. The molecule has 1 aromatic rings.